The van der Waals surface area contributed by atoms with Crippen LogP contribution < -0.4 is 10.9 Å². The maximum Gasteiger partial charge on any atom is 0.253 e. The number of H-pyrrole nitrogens is 1. The molecular formula is C13H18N2O2. The van der Waals surface area contributed by atoms with E-state index in [0.29, 0.717) is 5.56 Å². The van der Waals surface area contributed by atoms with Crippen LogP contribution >= 0.6 is 0 Å². The van der Waals surface area contributed by atoms with E-state index in [9.17, 15) is 9.59 Å². The molecule has 0 aliphatic carbocycles. The minimum Gasteiger partial charge on any atom is -0.348 e. The summed E-state index contributed by atoms with van der Waals surface area (Å²) < 4.78 is 0. The van der Waals surface area contributed by atoms with Gasteiger partial charge >= 0.3 is 0 Å². The van der Waals surface area contributed by atoms with Crippen LogP contribution in [-0.4, -0.2) is 10.9 Å². The summed E-state index contributed by atoms with van der Waals surface area (Å²) in [6, 6.07) is 3.61. The highest BCUT2D eigenvalue weighted by Crippen LogP contribution is 2.18. The Morgan fingerprint density at radius 3 is 2.59 bits per heavy atom. The summed E-state index contributed by atoms with van der Waals surface area (Å²) in [6.45, 7) is 9.63. The molecule has 1 aromatic rings. The Hall–Kier alpha value is -1.84. The summed E-state index contributed by atoms with van der Waals surface area (Å²) in [5, 5.41) is 2.57. The Morgan fingerprint density at radius 2 is 2.12 bits per heavy atom. The predicted octanol–water partition coefficient (Wildman–Crippen LogP) is 1.47. The van der Waals surface area contributed by atoms with Gasteiger partial charge in [0.2, 0.25) is 5.91 Å². The fraction of sp³-hybridized carbons (Fsp3) is 0.385. The molecular weight excluding hydrogens is 216 g/mol. The van der Waals surface area contributed by atoms with Crippen molar-refractivity contribution in [3.05, 3.63) is 46.4 Å². The predicted molar refractivity (Wildman–Crippen MR) is 67.8 cm³/mol. The van der Waals surface area contributed by atoms with E-state index >= 15 is 0 Å². The Kier molecular flexibility index (Phi) is 3.89. The largest absolute Gasteiger partial charge is 0.348 e. The lowest BCUT2D eigenvalue weighted by atomic mass is 9.91. The number of hydrogen-bond acceptors (Lipinski definition) is 2. The van der Waals surface area contributed by atoms with Crippen LogP contribution in [0.5, 0.6) is 0 Å². The molecule has 1 aromatic heterocycles. The van der Waals surface area contributed by atoms with Crippen molar-refractivity contribution in [1.29, 1.82) is 0 Å². The minimum atomic E-state index is -0.288. The molecule has 92 valence electrons. The van der Waals surface area contributed by atoms with E-state index in [0.717, 1.165) is 5.69 Å². The Labute approximate surface area is 101 Å². The summed E-state index contributed by atoms with van der Waals surface area (Å²) in [6.07, 6.45) is 1.18. The molecule has 0 spiro atoms. The van der Waals surface area contributed by atoms with Crippen molar-refractivity contribution < 1.29 is 4.79 Å². The molecule has 0 saturated carbocycles. The summed E-state index contributed by atoms with van der Waals surface area (Å²) in [4.78, 5) is 25.6. The van der Waals surface area contributed by atoms with Crippen molar-refractivity contribution in [3.63, 3.8) is 0 Å². The van der Waals surface area contributed by atoms with Gasteiger partial charge in [0.15, 0.2) is 0 Å². The van der Waals surface area contributed by atoms with Crippen molar-refractivity contribution in [2.24, 2.45) is 0 Å². The number of amides is 1. The highest BCUT2D eigenvalue weighted by Gasteiger charge is 2.15. The summed E-state index contributed by atoms with van der Waals surface area (Å²) in [5.41, 5.74) is 1.15. The molecule has 0 unspecified atom stereocenters. The van der Waals surface area contributed by atoms with Crippen LogP contribution in [0.3, 0.4) is 0 Å². The van der Waals surface area contributed by atoms with Gasteiger partial charge in [-0.2, -0.15) is 0 Å². The lowest BCUT2D eigenvalue weighted by Crippen LogP contribution is -2.27. The van der Waals surface area contributed by atoms with E-state index in [4.69, 9.17) is 0 Å². The van der Waals surface area contributed by atoms with Gasteiger partial charge in [-0.3, -0.25) is 9.59 Å². The van der Waals surface area contributed by atoms with Crippen LogP contribution in [0, 0.1) is 0 Å². The third-order valence-corrected chi connectivity index (χ3v) is 2.44. The first kappa shape index (κ1) is 13.2. The second kappa shape index (κ2) is 4.99. The molecule has 0 fully saturated rings. The van der Waals surface area contributed by atoms with Gasteiger partial charge in [-0.15, -0.1) is 0 Å². The highest BCUT2D eigenvalue weighted by atomic mass is 16.1. The van der Waals surface area contributed by atoms with E-state index in [1.165, 1.54) is 6.08 Å². The number of aromatic amines is 1. The molecule has 0 bridgehead atoms. The quantitative estimate of drug-likeness (QED) is 0.778. The first-order chi connectivity index (χ1) is 7.84. The standard InChI is InChI=1S/C13H18N2O2/c1-5-11(16)14-8-9-6-7-10(13(2,3)4)15-12(9)17/h5-7H,1,8H2,2-4H3,(H,14,16)(H,15,17). The van der Waals surface area contributed by atoms with Crippen molar-refractivity contribution >= 4 is 5.91 Å². The summed E-state index contributed by atoms with van der Waals surface area (Å²) in [5.74, 6) is -0.288. The van der Waals surface area contributed by atoms with Gasteiger partial charge in [-0.05, 0) is 18.2 Å². The fourth-order valence-electron chi connectivity index (χ4n) is 1.34. The molecule has 0 atom stereocenters. The van der Waals surface area contributed by atoms with Gasteiger partial charge in [0.25, 0.3) is 5.56 Å². The zero-order valence-electron chi connectivity index (χ0n) is 10.5. The average Bonchev–Trinajstić information content (AvgIpc) is 2.25. The number of rotatable bonds is 3. The van der Waals surface area contributed by atoms with Crippen molar-refractivity contribution in [3.8, 4) is 0 Å². The number of pyridine rings is 1. The van der Waals surface area contributed by atoms with Crippen molar-refractivity contribution in [2.75, 3.05) is 0 Å². The van der Waals surface area contributed by atoms with E-state index in [-0.39, 0.29) is 23.4 Å². The van der Waals surface area contributed by atoms with Gasteiger partial charge in [0.1, 0.15) is 0 Å². The molecule has 4 heteroatoms. The molecule has 0 aliphatic rings. The highest BCUT2D eigenvalue weighted by molar-refractivity contribution is 5.86. The van der Waals surface area contributed by atoms with Crippen LogP contribution in [0.15, 0.2) is 29.6 Å². The van der Waals surface area contributed by atoms with Crippen LogP contribution in [0.4, 0.5) is 0 Å². The van der Waals surface area contributed by atoms with Crippen molar-refractivity contribution in [2.45, 2.75) is 32.7 Å². The van der Waals surface area contributed by atoms with E-state index in [2.05, 4.69) is 16.9 Å². The van der Waals surface area contributed by atoms with Gasteiger partial charge in [0, 0.05) is 23.2 Å². The Balaban J connectivity index is 2.88. The molecule has 17 heavy (non-hydrogen) atoms. The number of aromatic nitrogens is 1. The third kappa shape index (κ3) is 3.59. The van der Waals surface area contributed by atoms with E-state index in [1.54, 1.807) is 6.07 Å². The SMILES string of the molecule is C=CC(=O)NCc1ccc(C(C)(C)C)[nH]c1=O. The average molecular weight is 234 g/mol. The summed E-state index contributed by atoms with van der Waals surface area (Å²) >= 11 is 0. The first-order valence-corrected chi connectivity index (χ1v) is 5.47. The number of hydrogen-bond donors (Lipinski definition) is 2. The number of carbonyl (C=O) groups excluding carboxylic acids is 1. The minimum absolute atomic E-state index is 0.0952. The van der Waals surface area contributed by atoms with Gasteiger partial charge in [0.05, 0.1) is 0 Å². The molecule has 1 heterocycles. The third-order valence-electron chi connectivity index (χ3n) is 2.44. The van der Waals surface area contributed by atoms with Gasteiger partial charge in [-0.1, -0.05) is 27.4 Å². The van der Waals surface area contributed by atoms with Crippen LogP contribution in [0.25, 0.3) is 0 Å². The Morgan fingerprint density at radius 1 is 1.47 bits per heavy atom. The molecule has 1 amide bonds. The van der Waals surface area contributed by atoms with Crippen molar-refractivity contribution in [1.82, 2.24) is 10.3 Å². The second-order valence-electron chi connectivity index (χ2n) is 4.90. The van der Waals surface area contributed by atoms with E-state index < -0.39 is 0 Å². The first-order valence-electron chi connectivity index (χ1n) is 5.47. The maximum absolute atomic E-state index is 11.8. The zero-order chi connectivity index (χ0) is 13.1. The topological polar surface area (TPSA) is 62.0 Å². The lowest BCUT2D eigenvalue weighted by molar-refractivity contribution is -0.116. The normalized spacial score (nSPS) is 11.0. The fourth-order valence-corrected chi connectivity index (χ4v) is 1.34. The van der Waals surface area contributed by atoms with Gasteiger partial charge < -0.3 is 10.3 Å². The Bertz CT molecular complexity index is 481. The van der Waals surface area contributed by atoms with Crippen LogP contribution in [0.1, 0.15) is 32.0 Å². The van der Waals surface area contributed by atoms with E-state index in [1.807, 2.05) is 26.8 Å². The molecule has 0 aromatic carbocycles. The van der Waals surface area contributed by atoms with Crippen LogP contribution in [-0.2, 0) is 16.8 Å². The molecule has 1 rings (SSSR count). The molecule has 0 aliphatic heterocycles. The van der Waals surface area contributed by atoms with Crippen LogP contribution in [0.2, 0.25) is 0 Å². The molecule has 0 saturated heterocycles. The number of carbonyl (C=O) groups is 1. The monoisotopic (exact) mass is 234 g/mol. The zero-order valence-corrected chi connectivity index (χ0v) is 10.5. The maximum atomic E-state index is 11.8. The second-order valence-corrected chi connectivity index (χ2v) is 4.90. The molecule has 4 nitrogen and oxygen atoms in total. The lowest BCUT2D eigenvalue weighted by Gasteiger charge is -2.18. The number of nitrogens with one attached hydrogen (secondary N) is 2. The van der Waals surface area contributed by atoms with Gasteiger partial charge in [-0.25, -0.2) is 0 Å². The molecule has 0 radical (unpaired) electrons. The smallest absolute Gasteiger partial charge is 0.253 e. The molecule has 2 N–H and O–H groups in total. The summed E-state index contributed by atoms with van der Waals surface area (Å²) in [7, 11) is 0.